The first-order valence-corrected chi connectivity index (χ1v) is 11.8. The molecule has 1 N–H and O–H groups in total. The molecule has 1 aliphatic carbocycles. The van der Waals surface area contributed by atoms with Crippen molar-refractivity contribution in [1.29, 1.82) is 0 Å². The molecule has 2 atom stereocenters. The van der Waals surface area contributed by atoms with Gasteiger partial charge in [-0.1, -0.05) is 40.9 Å². The van der Waals surface area contributed by atoms with Crippen LogP contribution in [0.2, 0.25) is 15.1 Å². The number of halogens is 5. The number of rotatable bonds is 6. The van der Waals surface area contributed by atoms with Gasteiger partial charge in [0.15, 0.2) is 5.78 Å². The number of aromatic nitrogens is 1. The van der Waals surface area contributed by atoms with Gasteiger partial charge in [-0.2, -0.15) is 0 Å². The van der Waals surface area contributed by atoms with E-state index in [1.807, 2.05) is 13.0 Å². The number of pyridine rings is 1. The Hall–Kier alpha value is -1.82. The first-order valence-electron chi connectivity index (χ1n) is 9.94. The van der Waals surface area contributed by atoms with E-state index >= 15 is 0 Å². The van der Waals surface area contributed by atoms with E-state index in [1.165, 1.54) is 0 Å². The summed E-state index contributed by atoms with van der Waals surface area (Å²) in [4.78, 5) is 29.9. The Morgan fingerprint density at radius 1 is 1.00 bits per heavy atom. The van der Waals surface area contributed by atoms with Gasteiger partial charge in [-0.05, 0) is 60.0 Å². The summed E-state index contributed by atoms with van der Waals surface area (Å²) in [5, 5.41) is 3.94. The van der Waals surface area contributed by atoms with Gasteiger partial charge in [0.1, 0.15) is 4.33 Å². The van der Waals surface area contributed by atoms with Crippen LogP contribution >= 0.6 is 58.0 Å². The van der Waals surface area contributed by atoms with E-state index in [1.54, 1.807) is 48.8 Å². The third-order valence-corrected chi connectivity index (χ3v) is 7.12. The van der Waals surface area contributed by atoms with Crippen molar-refractivity contribution in [3.8, 4) is 0 Å². The highest BCUT2D eigenvalue weighted by Crippen LogP contribution is 2.65. The van der Waals surface area contributed by atoms with Crippen LogP contribution in [0.15, 0.2) is 54.9 Å². The normalized spacial score (nSPS) is 18.6. The maximum atomic E-state index is 13.0. The van der Waals surface area contributed by atoms with Gasteiger partial charge >= 0.3 is 0 Å². The molecule has 9 heteroatoms. The lowest BCUT2D eigenvalue weighted by molar-refractivity contribution is -0.117. The van der Waals surface area contributed by atoms with E-state index in [9.17, 15) is 9.59 Å². The second-order valence-corrected chi connectivity index (χ2v) is 10.7. The second-order valence-electron chi connectivity index (χ2n) is 7.99. The third kappa shape index (κ3) is 5.31. The summed E-state index contributed by atoms with van der Waals surface area (Å²) < 4.78 is -1.30. The minimum atomic E-state index is -1.30. The van der Waals surface area contributed by atoms with Crippen molar-refractivity contribution in [3.05, 3.63) is 92.2 Å². The molecule has 0 saturated heterocycles. The van der Waals surface area contributed by atoms with Crippen LogP contribution in [0.4, 0.5) is 5.69 Å². The zero-order valence-electron chi connectivity index (χ0n) is 17.2. The molecular formula is C24H17Cl5N2O2. The number of hydrogen-bond donors (Lipinski definition) is 1. The molecule has 33 heavy (non-hydrogen) atoms. The van der Waals surface area contributed by atoms with Crippen LogP contribution < -0.4 is 5.32 Å². The van der Waals surface area contributed by atoms with Crippen LogP contribution in [0.3, 0.4) is 0 Å². The van der Waals surface area contributed by atoms with Crippen molar-refractivity contribution in [2.45, 2.75) is 23.6 Å². The van der Waals surface area contributed by atoms with Gasteiger partial charge in [0.05, 0.1) is 10.9 Å². The van der Waals surface area contributed by atoms with Crippen molar-refractivity contribution in [2.75, 3.05) is 5.32 Å². The molecule has 1 aliphatic rings. The van der Waals surface area contributed by atoms with Crippen LogP contribution in [0.1, 0.15) is 33.0 Å². The van der Waals surface area contributed by atoms with Crippen LogP contribution in [0, 0.1) is 12.8 Å². The van der Waals surface area contributed by atoms with Crippen molar-refractivity contribution in [2.24, 2.45) is 5.92 Å². The highest BCUT2D eigenvalue weighted by atomic mass is 35.5. The van der Waals surface area contributed by atoms with Gasteiger partial charge in [-0.3, -0.25) is 14.6 Å². The number of ketones is 1. The first-order chi connectivity index (χ1) is 15.6. The van der Waals surface area contributed by atoms with Crippen LogP contribution in [-0.2, 0) is 11.2 Å². The van der Waals surface area contributed by atoms with Crippen LogP contribution in [-0.4, -0.2) is 21.0 Å². The number of anilines is 1. The van der Waals surface area contributed by atoms with E-state index in [0.717, 1.165) is 11.1 Å². The van der Waals surface area contributed by atoms with Crippen LogP contribution in [0.5, 0.6) is 0 Å². The number of benzene rings is 2. The average Bonchev–Trinajstić information content (AvgIpc) is 3.31. The van der Waals surface area contributed by atoms with Crippen molar-refractivity contribution in [1.82, 2.24) is 4.98 Å². The van der Waals surface area contributed by atoms with Crippen molar-refractivity contribution < 1.29 is 9.59 Å². The topological polar surface area (TPSA) is 59.1 Å². The third-order valence-electron chi connectivity index (χ3n) is 5.41. The fraction of sp³-hybridized carbons (Fsp3) is 0.208. The van der Waals surface area contributed by atoms with E-state index in [4.69, 9.17) is 58.0 Å². The van der Waals surface area contributed by atoms with Crippen LogP contribution in [0.25, 0.3) is 0 Å². The van der Waals surface area contributed by atoms with Gasteiger partial charge in [-0.25, -0.2) is 0 Å². The Morgan fingerprint density at radius 2 is 1.70 bits per heavy atom. The summed E-state index contributed by atoms with van der Waals surface area (Å²) >= 11 is 31.3. The zero-order valence-corrected chi connectivity index (χ0v) is 21.0. The summed E-state index contributed by atoms with van der Waals surface area (Å²) in [7, 11) is 0. The summed E-state index contributed by atoms with van der Waals surface area (Å²) in [6.45, 7) is 1.90. The second kappa shape index (κ2) is 9.44. The zero-order chi connectivity index (χ0) is 23.9. The number of Topliss-reactive ketones (excluding diaryl/α,β-unsaturated/α-hetero) is 1. The molecule has 170 valence electrons. The molecule has 0 unspecified atom stereocenters. The lowest BCUT2D eigenvalue weighted by Gasteiger charge is -2.09. The fourth-order valence-corrected chi connectivity index (χ4v) is 5.45. The standard InChI is InChI=1S/C24H17Cl5N2O2/c1-12-4-13(11-30-10-12)5-20(32)18-9-17(2-3-19(18)27)31-23(33)22-21(24(22,28)29)14-6-15(25)8-16(26)7-14/h2-4,6-11,21-22H,5H2,1H3,(H,31,33)/t21-,22+/m0/s1. The van der Waals surface area contributed by atoms with E-state index in [-0.39, 0.29) is 18.1 Å². The summed E-state index contributed by atoms with van der Waals surface area (Å²) in [5.74, 6) is -1.77. The first kappa shape index (κ1) is 24.3. The largest absolute Gasteiger partial charge is 0.326 e. The predicted molar refractivity (Wildman–Crippen MR) is 134 cm³/mol. The Labute approximate surface area is 216 Å². The van der Waals surface area contributed by atoms with Gasteiger partial charge in [0.25, 0.3) is 0 Å². The minimum Gasteiger partial charge on any atom is -0.326 e. The lowest BCUT2D eigenvalue weighted by atomic mass is 10.0. The summed E-state index contributed by atoms with van der Waals surface area (Å²) in [6.07, 6.45) is 3.49. The van der Waals surface area contributed by atoms with Gasteiger partial charge in [0, 0.05) is 46.0 Å². The Balaban J connectivity index is 1.51. The molecule has 1 amide bonds. The Kier molecular flexibility index (Phi) is 6.95. The molecule has 0 radical (unpaired) electrons. The smallest absolute Gasteiger partial charge is 0.231 e. The fourth-order valence-electron chi connectivity index (χ4n) is 3.85. The molecule has 0 aliphatic heterocycles. The van der Waals surface area contributed by atoms with Gasteiger partial charge in [0.2, 0.25) is 5.91 Å². The highest BCUT2D eigenvalue weighted by Gasteiger charge is 2.67. The lowest BCUT2D eigenvalue weighted by Crippen LogP contribution is -2.17. The monoisotopic (exact) mass is 540 g/mol. The molecule has 2 aromatic carbocycles. The number of aryl methyl sites for hydroxylation is 1. The number of alkyl halides is 2. The van der Waals surface area contributed by atoms with Crippen molar-refractivity contribution in [3.63, 3.8) is 0 Å². The Bertz CT molecular complexity index is 1240. The van der Waals surface area contributed by atoms with E-state index in [0.29, 0.717) is 31.9 Å². The molecule has 4 rings (SSSR count). The quantitative estimate of drug-likeness (QED) is 0.263. The molecule has 3 aromatic rings. The number of carbonyl (C=O) groups excluding carboxylic acids is 2. The molecule has 4 nitrogen and oxygen atoms in total. The maximum absolute atomic E-state index is 13.0. The molecule has 1 saturated carbocycles. The number of hydrogen-bond acceptors (Lipinski definition) is 3. The highest BCUT2D eigenvalue weighted by molar-refractivity contribution is 6.53. The minimum absolute atomic E-state index is 0.137. The molecule has 0 bridgehead atoms. The Morgan fingerprint density at radius 3 is 2.36 bits per heavy atom. The van der Waals surface area contributed by atoms with E-state index in [2.05, 4.69) is 10.3 Å². The molecule has 1 aromatic heterocycles. The molecule has 0 spiro atoms. The number of nitrogens with zero attached hydrogens (tertiary/aromatic N) is 1. The number of amides is 1. The van der Waals surface area contributed by atoms with E-state index < -0.39 is 16.2 Å². The maximum Gasteiger partial charge on any atom is 0.231 e. The summed E-state index contributed by atoms with van der Waals surface area (Å²) in [5.41, 5.74) is 3.12. The van der Waals surface area contributed by atoms with Gasteiger partial charge < -0.3 is 5.32 Å². The SMILES string of the molecule is Cc1cncc(CC(=O)c2cc(NC(=O)[C@H]3[C@H](c4cc(Cl)cc(Cl)c4)C3(Cl)Cl)ccc2Cl)c1. The number of carbonyl (C=O) groups is 2. The molecule has 1 heterocycles. The summed E-state index contributed by atoms with van der Waals surface area (Å²) in [6, 6.07) is 11.6. The number of nitrogens with one attached hydrogen (secondary N) is 1. The van der Waals surface area contributed by atoms with Crippen molar-refractivity contribution >= 4 is 75.4 Å². The predicted octanol–water partition coefficient (Wildman–Crippen LogP) is 7.30. The van der Waals surface area contributed by atoms with Gasteiger partial charge in [-0.15, -0.1) is 23.2 Å². The molecule has 1 fully saturated rings. The average molecular weight is 543 g/mol. The molecular weight excluding hydrogens is 526 g/mol.